The van der Waals surface area contributed by atoms with E-state index in [1.165, 1.54) is 5.56 Å². The quantitative estimate of drug-likeness (QED) is 0.879. The summed E-state index contributed by atoms with van der Waals surface area (Å²) in [5, 5.41) is 0. The van der Waals surface area contributed by atoms with Crippen LogP contribution in [-0.2, 0) is 22.9 Å². The number of nitrogens with zero attached hydrogens (tertiary/aromatic N) is 1. The molecule has 1 atom stereocenters. The second-order valence-corrected chi connectivity index (χ2v) is 7.18. The third-order valence-corrected chi connectivity index (χ3v) is 5.25. The van der Waals surface area contributed by atoms with Gasteiger partial charge in [0.1, 0.15) is 0 Å². The number of rotatable bonds is 3. The van der Waals surface area contributed by atoms with Crippen LogP contribution in [0.25, 0.3) is 0 Å². The minimum atomic E-state index is -2.83. The van der Waals surface area contributed by atoms with Crippen LogP contribution in [0, 0.1) is 0 Å². The Hall–Kier alpha value is -0.910. The summed E-state index contributed by atoms with van der Waals surface area (Å²) in [4.78, 5) is 2.22. The maximum atomic E-state index is 11.5. The van der Waals surface area contributed by atoms with Gasteiger partial charge >= 0.3 is 0 Å². The Morgan fingerprint density at radius 2 is 1.89 bits per heavy atom. The fourth-order valence-corrected chi connectivity index (χ4v) is 3.91. The van der Waals surface area contributed by atoms with E-state index in [0.29, 0.717) is 13.1 Å². The van der Waals surface area contributed by atoms with Gasteiger partial charge in [-0.25, -0.2) is 8.42 Å². The second-order valence-electron chi connectivity index (χ2n) is 4.95. The predicted octanol–water partition coefficient (Wildman–Crippen LogP) is 0.764. The summed E-state index contributed by atoms with van der Waals surface area (Å²) in [5.74, 6) is 0.548. The highest BCUT2D eigenvalue weighted by Crippen LogP contribution is 2.15. The van der Waals surface area contributed by atoms with Crippen LogP contribution >= 0.6 is 0 Å². The zero-order valence-electron chi connectivity index (χ0n) is 10.7. The van der Waals surface area contributed by atoms with E-state index in [2.05, 4.69) is 17.0 Å². The van der Waals surface area contributed by atoms with Gasteiger partial charge in [-0.05, 0) is 18.1 Å². The van der Waals surface area contributed by atoms with Crippen LogP contribution in [0.5, 0.6) is 0 Å². The van der Waals surface area contributed by atoms with Crippen molar-refractivity contribution in [2.75, 3.05) is 18.1 Å². The molecule has 1 heterocycles. The molecular weight excluding hydrogens is 248 g/mol. The first-order valence-corrected chi connectivity index (χ1v) is 8.05. The molecule has 0 saturated carbocycles. The van der Waals surface area contributed by atoms with Crippen LogP contribution in [0.4, 0.5) is 0 Å². The van der Waals surface area contributed by atoms with Crippen LogP contribution in [0.1, 0.15) is 18.1 Å². The molecule has 18 heavy (non-hydrogen) atoms. The van der Waals surface area contributed by atoms with Crippen LogP contribution in [0.2, 0.25) is 0 Å². The zero-order valence-corrected chi connectivity index (χ0v) is 11.5. The number of benzene rings is 1. The zero-order chi connectivity index (χ0) is 13.2. The number of hydrogen-bond acceptors (Lipinski definition) is 4. The Kier molecular flexibility index (Phi) is 4.04. The average Bonchev–Trinajstić information content (AvgIpc) is 2.33. The van der Waals surface area contributed by atoms with Crippen molar-refractivity contribution in [1.82, 2.24) is 4.90 Å². The van der Waals surface area contributed by atoms with E-state index < -0.39 is 9.84 Å². The lowest BCUT2D eigenvalue weighted by Crippen LogP contribution is -2.46. The molecule has 1 aliphatic heterocycles. The molecule has 4 nitrogen and oxygen atoms in total. The highest BCUT2D eigenvalue weighted by Gasteiger charge is 2.27. The third-order valence-electron chi connectivity index (χ3n) is 3.45. The topological polar surface area (TPSA) is 63.4 Å². The lowest BCUT2D eigenvalue weighted by molar-refractivity contribution is 0.218. The molecule has 1 saturated heterocycles. The largest absolute Gasteiger partial charge is 0.326 e. The summed E-state index contributed by atoms with van der Waals surface area (Å²) < 4.78 is 23.0. The summed E-state index contributed by atoms with van der Waals surface area (Å²) in [5.41, 5.74) is 7.88. The Morgan fingerprint density at radius 3 is 2.44 bits per heavy atom. The lowest BCUT2D eigenvalue weighted by Gasteiger charge is -2.33. The molecule has 0 aromatic heterocycles. The van der Waals surface area contributed by atoms with E-state index in [1.54, 1.807) is 0 Å². The number of nitrogens with two attached hydrogens (primary N) is 1. The molecule has 5 heteroatoms. The van der Waals surface area contributed by atoms with E-state index >= 15 is 0 Å². The highest BCUT2D eigenvalue weighted by molar-refractivity contribution is 7.91. The van der Waals surface area contributed by atoms with E-state index in [-0.39, 0.29) is 17.5 Å². The summed E-state index contributed by atoms with van der Waals surface area (Å²) in [6.07, 6.45) is 0. The minimum absolute atomic E-state index is 0.0953. The molecule has 0 aliphatic carbocycles. The van der Waals surface area contributed by atoms with Crippen molar-refractivity contribution in [3.05, 3.63) is 35.4 Å². The maximum Gasteiger partial charge on any atom is 0.153 e. The van der Waals surface area contributed by atoms with E-state index in [4.69, 9.17) is 5.73 Å². The molecule has 1 aliphatic rings. The van der Waals surface area contributed by atoms with Crippen molar-refractivity contribution < 1.29 is 8.42 Å². The molecule has 1 aromatic carbocycles. The normalized spacial score (nSPS) is 24.0. The van der Waals surface area contributed by atoms with Gasteiger partial charge < -0.3 is 5.73 Å². The van der Waals surface area contributed by atoms with Crippen molar-refractivity contribution in [3.63, 3.8) is 0 Å². The molecule has 0 radical (unpaired) electrons. The van der Waals surface area contributed by atoms with Crippen molar-refractivity contribution in [2.45, 2.75) is 26.1 Å². The van der Waals surface area contributed by atoms with Crippen molar-refractivity contribution >= 4 is 9.84 Å². The predicted molar refractivity (Wildman–Crippen MR) is 72.9 cm³/mol. The van der Waals surface area contributed by atoms with Crippen molar-refractivity contribution in [2.24, 2.45) is 5.73 Å². The summed E-state index contributed by atoms with van der Waals surface area (Å²) in [6.45, 7) is 3.97. The second kappa shape index (κ2) is 5.38. The van der Waals surface area contributed by atoms with Gasteiger partial charge in [-0.3, -0.25) is 4.90 Å². The Morgan fingerprint density at radius 1 is 1.28 bits per heavy atom. The van der Waals surface area contributed by atoms with Gasteiger partial charge in [0.15, 0.2) is 9.84 Å². The first kappa shape index (κ1) is 13.5. The molecule has 2 rings (SSSR count). The van der Waals surface area contributed by atoms with Gasteiger partial charge in [-0.2, -0.15) is 0 Å². The molecule has 2 N–H and O–H groups in total. The van der Waals surface area contributed by atoms with Crippen LogP contribution in [0.15, 0.2) is 24.3 Å². The molecule has 0 spiro atoms. The molecule has 1 fully saturated rings. The molecule has 100 valence electrons. The minimum Gasteiger partial charge on any atom is -0.326 e. The summed E-state index contributed by atoms with van der Waals surface area (Å²) in [6, 6.07) is 8.29. The van der Waals surface area contributed by atoms with Crippen molar-refractivity contribution in [1.29, 1.82) is 0 Å². The monoisotopic (exact) mass is 268 g/mol. The smallest absolute Gasteiger partial charge is 0.153 e. The van der Waals surface area contributed by atoms with Crippen LogP contribution in [0.3, 0.4) is 0 Å². The SMILES string of the molecule is CC1CS(=O)(=O)CCN1Cc1ccc(CN)cc1. The summed E-state index contributed by atoms with van der Waals surface area (Å²) >= 11 is 0. The van der Waals surface area contributed by atoms with Crippen LogP contribution in [-0.4, -0.2) is 37.4 Å². The molecular formula is C13H20N2O2S. The van der Waals surface area contributed by atoms with Gasteiger partial charge in [0.25, 0.3) is 0 Å². The Balaban J connectivity index is 2.01. The van der Waals surface area contributed by atoms with E-state index in [1.807, 2.05) is 19.1 Å². The van der Waals surface area contributed by atoms with Gasteiger partial charge in [-0.15, -0.1) is 0 Å². The number of hydrogen-bond donors (Lipinski definition) is 1. The first-order valence-electron chi connectivity index (χ1n) is 6.22. The molecule has 0 amide bonds. The number of sulfone groups is 1. The van der Waals surface area contributed by atoms with Gasteiger partial charge in [0, 0.05) is 25.7 Å². The Bertz CT molecular complexity index is 496. The first-order chi connectivity index (χ1) is 8.50. The fraction of sp³-hybridized carbons (Fsp3) is 0.538. The summed E-state index contributed by atoms with van der Waals surface area (Å²) in [7, 11) is -2.83. The van der Waals surface area contributed by atoms with Gasteiger partial charge in [0.2, 0.25) is 0 Å². The third kappa shape index (κ3) is 3.31. The highest BCUT2D eigenvalue weighted by atomic mass is 32.2. The average molecular weight is 268 g/mol. The standard InChI is InChI=1S/C13H20N2O2S/c1-11-10-18(16,17)7-6-15(11)9-13-4-2-12(8-14)3-5-13/h2-5,11H,6-10,14H2,1H3. The van der Waals surface area contributed by atoms with Gasteiger partial charge in [0.05, 0.1) is 11.5 Å². The lowest BCUT2D eigenvalue weighted by atomic mass is 10.1. The molecule has 0 bridgehead atoms. The fourth-order valence-electron chi connectivity index (χ4n) is 2.28. The van der Waals surface area contributed by atoms with Crippen LogP contribution < -0.4 is 5.73 Å². The van der Waals surface area contributed by atoms with E-state index in [0.717, 1.165) is 12.1 Å². The Labute approximate surface area is 109 Å². The van der Waals surface area contributed by atoms with Gasteiger partial charge in [-0.1, -0.05) is 24.3 Å². The molecule has 1 unspecified atom stereocenters. The maximum absolute atomic E-state index is 11.5. The van der Waals surface area contributed by atoms with Crippen molar-refractivity contribution in [3.8, 4) is 0 Å². The molecule has 1 aromatic rings. The van der Waals surface area contributed by atoms with E-state index in [9.17, 15) is 8.42 Å².